The Morgan fingerprint density at radius 2 is 2.12 bits per heavy atom. The van der Waals surface area contributed by atoms with E-state index in [9.17, 15) is 0 Å². The zero-order valence-electron chi connectivity index (χ0n) is 9.92. The van der Waals surface area contributed by atoms with E-state index in [4.69, 9.17) is 5.73 Å². The predicted octanol–water partition coefficient (Wildman–Crippen LogP) is 2.24. The molecule has 0 spiro atoms. The highest BCUT2D eigenvalue weighted by atomic mass is 32.1. The second-order valence-corrected chi connectivity index (χ2v) is 4.39. The molecule has 0 atom stereocenters. The highest BCUT2D eigenvalue weighted by Crippen LogP contribution is 2.26. The lowest BCUT2D eigenvalue weighted by molar-refractivity contribution is 0.868. The van der Waals surface area contributed by atoms with Gasteiger partial charge in [-0.15, -0.1) is 11.3 Å². The average Bonchev–Trinajstić information content (AvgIpc) is 2.83. The SMILES string of the molecule is CCc1nc(N)nc(N(CC)c2cccs2)n1. The minimum absolute atomic E-state index is 0.279. The summed E-state index contributed by atoms with van der Waals surface area (Å²) in [6.07, 6.45) is 0.752. The molecular weight excluding hydrogens is 234 g/mol. The second-order valence-electron chi connectivity index (χ2n) is 3.46. The molecule has 17 heavy (non-hydrogen) atoms. The first-order chi connectivity index (χ1) is 8.24. The number of aromatic nitrogens is 3. The van der Waals surface area contributed by atoms with E-state index in [1.165, 1.54) is 0 Å². The molecule has 2 N–H and O–H groups in total. The van der Waals surface area contributed by atoms with Gasteiger partial charge in [-0.05, 0) is 24.4 Å². The van der Waals surface area contributed by atoms with Crippen LogP contribution >= 0.6 is 11.3 Å². The topological polar surface area (TPSA) is 67.9 Å². The zero-order chi connectivity index (χ0) is 12.3. The summed E-state index contributed by atoms with van der Waals surface area (Å²) in [5, 5.41) is 3.14. The van der Waals surface area contributed by atoms with Crippen molar-refractivity contribution in [2.24, 2.45) is 0 Å². The Morgan fingerprint density at radius 1 is 1.29 bits per heavy atom. The van der Waals surface area contributed by atoms with Crippen LogP contribution in [0.4, 0.5) is 16.9 Å². The third-order valence-electron chi connectivity index (χ3n) is 2.33. The molecule has 0 aliphatic rings. The number of nitrogens with two attached hydrogens (primary N) is 1. The van der Waals surface area contributed by atoms with Gasteiger partial charge >= 0.3 is 0 Å². The monoisotopic (exact) mass is 249 g/mol. The molecule has 0 saturated heterocycles. The van der Waals surface area contributed by atoms with Crippen molar-refractivity contribution < 1.29 is 0 Å². The van der Waals surface area contributed by atoms with Gasteiger partial charge in [-0.2, -0.15) is 15.0 Å². The smallest absolute Gasteiger partial charge is 0.235 e. The van der Waals surface area contributed by atoms with Crippen molar-refractivity contribution in [1.29, 1.82) is 0 Å². The third kappa shape index (κ3) is 2.52. The third-order valence-corrected chi connectivity index (χ3v) is 3.22. The van der Waals surface area contributed by atoms with Crippen molar-refractivity contribution >= 4 is 28.2 Å². The summed E-state index contributed by atoms with van der Waals surface area (Å²) in [7, 11) is 0. The summed E-state index contributed by atoms with van der Waals surface area (Å²) < 4.78 is 0. The van der Waals surface area contributed by atoms with Crippen LogP contribution < -0.4 is 10.6 Å². The van der Waals surface area contributed by atoms with Crippen LogP contribution in [0.5, 0.6) is 0 Å². The Hall–Kier alpha value is -1.69. The van der Waals surface area contributed by atoms with Gasteiger partial charge in [0.05, 0.1) is 5.00 Å². The molecule has 0 aliphatic heterocycles. The normalized spacial score (nSPS) is 10.5. The number of aryl methyl sites for hydroxylation is 1. The van der Waals surface area contributed by atoms with Crippen molar-refractivity contribution in [3.8, 4) is 0 Å². The number of hydrogen-bond donors (Lipinski definition) is 1. The van der Waals surface area contributed by atoms with E-state index in [-0.39, 0.29) is 5.95 Å². The Balaban J connectivity index is 2.40. The van der Waals surface area contributed by atoms with Crippen molar-refractivity contribution in [2.45, 2.75) is 20.3 Å². The van der Waals surface area contributed by atoms with E-state index >= 15 is 0 Å². The van der Waals surface area contributed by atoms with Crippen LogP contribution in [0.1, 0.15) is 19.7 Å². The van der Waals surface area contributed by atoms with Gasteiger partial charge in [-0.1, -0.05) is 6.92 Å². The van der Waals surface area contributed by atoms with Crippen LogP contribution in [0, 0.1) is 0 Å². The van der Waals surface area contributed by atoms with E-state index in [0.29, 0.717) is 5.95 Å². The summed E-state index contributed by atoms with van der Waals surface area (Å²) >= 11 is 1.65. The first-order valence-electron chi connectivity index (χ1n) is 5.56. The van der Waals surface area contributed by atoms with Crippen molar-refractivity contribution in [1.82, 2.24) is 15.0 Å². The van der Waals surface area contributed by atoms with Crippen LogP contribution in [0.15, 0.2) is 17.5 Å². The summed E-state index contributed by atoms with van der Waals surface area (Å²) in [6, 6.07) is 4.05. The lowest BCUT2D eigenvalue weighted by Gasteiger charge is -2.19. The van der Waals surface area contributed by atoms with Crippen molar-refractivity contribution in [3.63, 3.8) is 0 Å². The number of nitrogen functional groups attached to an aromatic ring is 1. The van der Waals surface area contributed by atoms with Crippen molar-refractivity contribution in [3.05, 3.63) is 23.3 Å². The lowest BCUT2D eigenvalue weighted by Crippen LogP contribution is -2.19. The number of hydrogen-bond acceptors (Lipinski definition) is 6. The molecular formula is C11H15N5S. The molecule has 0 amide bonds. The molecule has 0 radical (unpaired) electrons. The number of thiophene rings is 1. The fourth-order valence-electron chi connectivity index (χ4n) is 1.52. The molecule has 6 heteroatoms. The van der Waals surface area contributed by atoms with Gasteiger partial charge in [0.25, 0.3) is 0 Å². The molecule has 2 aromatic rings. The Kier molecular flexibility index (Phi) is 3.53. The van der Waals surface area contributed by atoms with Gasteiger partial charge < -0.3 is 10.6 Å². The van der Waals surface area contributed by atoms with E-state index in [2.05, 4.69) is 21.9 Å². The van der Waals surface area contributed by atoms with E-state index < -0.39 is 0 Å². The maximum Gasteiger partial charge on any atom is 0.235 e. The van der Waals surface area contributed by atoms with Gasteiger partial charge in [-0.3, -0.25) is 0 Å². The summed E-state index contributed by atoms with van der Waals surface area (Å²) in [4.78, 5) is 14.7. The number of anilines is 3. The average molecular weight is 249 g/mol. The van der Waals surface area contributed by atoms with Gasteiger partial charge in [-0.25, -0.2) is 0 Å². The summed E-state index contributed by atoms with van der Waals surface area (Å²) in [6.45, 7) is 4.86. The first kappa shape index (κ1) is 11.8. The van der Waals surface area contributed by atoms with Gasteiger partial charge in [0.15, 0.2) is 0 Å². The van der Waals surface area contributed by atoms with Gasteiger partial charge in [0, 0.05) is 13.0 Å². The van der Waals surface area contributed by atoms with Crippen LogP contribution in [0.25, 0.3) is 0 Å². The molecule has 0 saturated carbocycles. The molecule has 0 aliphatic carbocycles. The molecule has 0 aromatic carbocycles. The molecule has 0 fully saturated rings. The molecule has 5 nitrogen and oxygen atoms in total. The number of nitrogens with zero attached hydrogens (tertiary/aromatic N) is 4. The molecule has 2 aromatic heterocycles. The fraction of sp³-hybridized carbons (Fsp3) is 0.364. The summed E-state index contributed by atoms with van der Waals surface area (Å²) in [5.41, 5.74) is 5.70. The lowest BCUT2D eigenvalue weighted by atomic mass is 10.4. The predicted molar refractivity (Wildman–Crippen MR) is 70.6 cm³/mol. The molecule has 2 rings (SSSR count). The molecule has 0 bridgehead atoms. The maximum absolute atomic E-state index is 5.70. The minimum atomic E-state index is 0.279. The summed E-state index contributed by atoms with van der Waals surface area (Å²) in [5.74, 6) is 1.63. The zero-order valence-corrected chi connectivity index (χ0v) is 10.7. The Morgan fingerprint density at radius 3 is 2.71 bits per heavy atom. The molecule has 0 unspecified atom stereocenters. The quantitative estimate of drug-likeness (QED) is 0.900. The van der Waals surface area contributed by atoms with E-state index in [1.54, 1.807) is 11.3 Å². The van der Waals surface area contributed by atoms with Gasteiger partial charge in [0.2, 0.25) is 11.9 Å². The maximum atomic E-state index is 5.70. The van der Waals surface area contributed by atoms with Crippen LogP contribution in [-0.2, 0) is 6.42 Å². The van der Waals surface area contributed by atoms with E-state index in [0.717, 1.165) is 23.8 Å². The number of rotatable bonds is 4. The molecule has 90 valence electrons. The standard InChI is InChI=1S/C11H15N5S/c1-3-8-13-10(12)15-11(14-8)16(4-2)9-6-5-7-17-9/h5-7H,3-4H2,1-2H3,(H2,12,13,14,15). The van der Waals surface area contributed by atoms with Gasteiger partial charge in [0.1, 0.15) is 5.82 Å². The Bertz CT molecular complexity index is 483. The molecule has 2 heterocycles. The van der Waals surface area contributed by atoms with Crippen LogP contribution in [0.2, 0.25) is 0 Å². The fourth-order valence-corrected chi connectivity index (χ4v) is 2.31. The second kappa shape index (κ2) is 5.09. The minimum Gasteiger partial charge on any atom is -0.368 e. The first-order valence-corrected chi connectivity index (χ1v) is 6.44. The largest absolute Gasteiger partial charge is 0.368 e. The highest BCUT2D eigenvalue weighted by molar-refractivity contribution is 7.14. The van der Waals surface area contributed by atoms with Crippen molar-refractivity contribution in [2.75, 3.05) is 17.2 Å². The van der Waals surface area contributed by atoms with Crippen LogP contribution in [0.3, 0.4) is 0 Å². The van der Waals surface area contributed by atoms with Crippen LogP contribution in [-0.4, -0.2) is 21.5 Å². The van der Waals surface area contributed by atoms with E-state index in [1.807, 2.05) is 29.3 Å². The highest BCUT2D eigenvalue weighted by Gasteiger charge is 2.13. The Labute approximate surface area is 104 Å².